The molecule has 10 heteroatoms. The van der Waals surface area contributed by atoms with Crippen LogP contribution in [-0.4, -0.2) is 32.5 Å². The van der Waals surface area contributed by atoms with Crippen LogP contribution in [-0.2, 0) is 10.0 Å². The number of urea groups is 1. The largest absolute Gasteiger partial charge is 0.389 e. The van der Waals surface area contributed by atoms with Gasteiger partial charge in [-0.2, -0.15) is 0 Å². The summed E-state index contributed by atoms with van der Waals surface area (Å²) in [6.07, 6.45) is 0. The molecule has 7 nitrogen and oxygen atoms in total. The second-order valence-corrected chi connectivity index (χ2v) is 6.31. The Morgan fingerprint density at radius 1 is 1.30 bits per heavy atom. The average molecular weight is 337 g/mol. The number of amides is 2. The topological polar surface area (TPSA) is 127 Å². The van der Waals surface area contributed by atoms with Crippen molar-refractivity contribution >= 4 is 44.9 Å². The molecule has 0 radical (unpaired) electrons. The summed E-state index contributed by atoms with van der Waals surface area (Å²) in [5.74, 6) is 0. The van der Waals surface area contributed by atoms with E-state index in [1.54, 1.807) is 0 Å². The van der Waals surface area contributed by atoms with Crippen molar-refractivity contribution in [3.63, 3.8) is 0 Å². The highest BCUT2D eigenvalue weighted by atomic mass is 35.5. The lowest BCUT2D eigenvalue weighted by atomic mass is 10.2. The number of benzene rings is 1. The molecule has 110 valence electrons. The summed E-state index contributed by atoms with van der Waals surface area (Å²) < 4.78 is 26.2. The van der Waals surface area contributed by atoms with Crippen molar-refractivity contribution in [2.75, 3.05) is 13.1 Å². The highest BCUT2D eigenvalue weighted by Crippen LogP contribution is 2.20. The molecule has 0 saturated heterocycles. The van der Waals surface area contributed by atoms with Crippen LogP contribution >= 0.6 is 23.8 Å². The van der Waals surface area contributed by atoms with E-state index in [0.29, 0.717) is 5.56 Å². The monoisotopic (exact) mass is 336 g/mol. The van der Waals surface area contributed by atoms with Gasteiger partial charge in [-0.05, 0) is 18.2 Å². The third-order valence-electron chi connectivity index (χ3n) is 2.23. The van der Waals surface area contributed by atoms with Crippen LogP contribution in [0.25, 0.3) is 0 Å². The van der Waals surface area contributed by atoms with Gasteiger partial charge in [0.25, 0.3) is 0 Å². The summed E-state index contributed by atoms with van der Waals surface area (Å²) in [5.41, 5.74) is 10.7. The molecule has 1 aromatic carbocycles. The van der Waals surface area contributed by atoms with Gasteiger partial charge in [0, 0.05) is 18.7 Å². The maximum atomic E-state index is 11.9. The van der Waals surface area contributed by atoms with Crippen LogP contribution in [0.3, 0.4) is 0 Å². The van der Waals surface area contributed by atoms with Crippen LogP contribution in [0, 0.1) is 0 Å². The number of hydrogen-bond acceptors (Lipinski definition) is 4. The second kappa shape index (κ2) is 6.84. The Balaban J connectivity index is 2.80. The summed E-state index contributed by atoms with van der Waals surface area (Å²) in [6.45, 7) is 0.0766. The number of rotatable bonds is 6. The third kappa shape index (κ3) is 4.60. The first-order valence-electron chi connectivity index (χ1n) is 5.36. The molecular formula is C10H13ClN4O3S2. The van der Waals surface area contributed by atoms with Gasteiger partial charge in [0.1, 0.15) is 4.99 Å². The fourth-order valence-corrected chi connectivity index (χ4v) is 2.96. The molecule has 0 fully saturated rings. The van der Waals surface area contributed by atoms with Gasteiger partial charge in [-0.25, -0.2) is 17.9 Å². The van der Waals surface area contributed by atoms with Crippen LogP contribution in [0.15, 0.2) is 23.1 Å². The minimum atomic E-state index is -3.73. The Bertz CT molecular complexity index is 633. The van der Waals surface area contributed by atoms with Crippen LogP contribution in [0.4, 0.5) is 4.79 Å². The number of hydrogen-bond donors (Lipinski definition) is 4. The molecule has 0 aliphatic heterocycles. The van der Waals surface area contributed by atoms with Gasteiger partial charge in [-0.1, -0.05) is 23.8 Å². The number of primary amides is 1. The Hall–Kier alpha value is -1.42. The molecule has 1 aromatic rings. The Morgan fingerprint density at radius 3 is 2.45 bits per heavy atom. The van der Waals surface area contributed by atoms with Crippen molar-refractivity contribution in [1.82, 2.24) is 10.0 Å². The summed E-state index contributed by atoms with van der Waals surface area (Å²) in [5, 5.41) is 2.41. The molecule has 0 unspecified atom stereocenters. The summed E-state index contributed by atoms with van der Waals surface area (Å²) in [7, 11) is -3.73. The van der Waals surface area contributed by atoms with Crippen molar-refractivity contribution in [2.45, 2.75) is 4.90 Å². The van der Waals surface area contributed by atoms with Gasteiger partial charge < -0.3 is 16.8 Å². The quantitative estimate of drug-likeness (QED) is 0.427. The van der Waals surface area contributed by atoms with E-state index >= 15 is 0 Å². The van der Waals surface area contributed by atoms with Gasteiger partial charge in [0.15, 0.2) is 0 Å². The van der Waals surface area contributed by atoms with Crippen LogP contribution in [0.2, 0.25) is 5.02 Å². The van der Waals surface area contributed by atoms with Gasteiger partial charge >= 0.3 is 6.03 Å². The molecule has 2 amide bonds. The molecule has 20 heavy (non-hydrogen) atoms. The Kier molecular flexibility index (Phi) is 5.69. The number of thiocarbonyl (C=S) groups is 1. The number of carbonyl (C=O) groups excluding carboxylic acids is 1. The zero-order valence-electron chi connectivity index (χ0n) is 10.2. The zero-order chi connectivity index (χ0) is 15.3. The molecule has 0 aromatic heterocycles. The van der Waals surface area contributed by atoms with E-state index < -0.39 is 16.1 Å². The van der Waals surface area contributed by atoms with Gasteiger partial charge in [-0.15, -0.1) is 0 Å². The predicted molar refractivity (Wildman–Crippen MR) is 80.1 cm³/mol. The van der Waals surface area contributed by atoms with Crippen LogP contribution in [0.1, 0.15) is 5.56 Å². The summed E-state index contributed by atoms with van der Waals surface area (Å²) >= 11 is 10.7. The van der Waals surface area contributed by atoms with Crippen molar-refractivity contribution < 1.29 is 13.2 Å². The first-order chi connectivity index (χ1) is 9.24. The fraction of sp³-hybridized carbons (Fsp3) is 0.200. The maximum absolute atomic E-state index is 11.9. The molecule has 0 heterocycles. The van der Waals surface area contributed by atoms with E-state index in [9.17, 15) is 13.2 Å². The molecule has 0 bridgehead atoms. The van der Waals surface area contributed by atoms with Gasteiger partial charge in [0.05, 0.1) is 9.92 Å². The lowest BCUT2D eigenvalue weighted by molar-refractivity contribution is 0.249. The normalized spacial score (nSPS) is 11.1. The molecule has 0 atom stereocenters. The molecule has 0 aliphatic rings. The zero-order valence-corrected chi connectivity index (χ0v) is 12.6. The highest BCUT2D eigenvalue weighted by molar-refractivity contribution is 7.89. The van der Waals surface area contributed by atoms with Gasteiger partial charge in [0.2, 0.25) is 10.0 Å². The van der Waals surface area contributed by atoms with E-state index in [1.807, 2.05) is 0 Å². The van der Waals surface area contributed by atoms with E-state index in [1.165, 1.54) is 18.2 Å². The number of nitrogens with one attached hydrogen (secondary N) is 2. The van der Waals surface area contributed by atoms with E-state index in [-0.39, 0.29) is 28.0 Å². The maximum Gasteiger partial charge on any atom is 0.312 e. The van der Waals surface area contributed by atoms with E-state index in [2.05, 4.69) is 10.0 Å². The Morgan fingerprint density at radius 2 is 1.95 bits per heavy atom. The SMILES string of the molecule is NC(=O)NCCNS(=O)(=O)c1ccc(C(N)=S)c(Cl)c1. The predicted octanol–water partition coefficient (Wildman–Crippen LogP) is -0.0792. The summed E-state index contributed by atoms with van der Waals surface area (Å²) in [4.78, 5) is 10.5. The third-order valence-corrected chi connectivity index (χ3v) is 4.22. The second-order valence-electron chi connectivity index (χ2n) is 3.69. The molecule has 1 rings (SSSR count). The molecule has 6 N–H and O–H groups in total. The van der Waals surface area contributed by atoms with Crippen molar-refractivity contribution in [2.24, 2.45) is 11.5 Å². The lowest BCUT2D eigenvalue weighted by Gasteiger charge is -2.09. The number of carbonyl (C=O) groups is 1. The number of nitrogens with two attached hydrogens (primary N) is 2. The molecule has 0 aliphatic carbocycles. The first-order valence-corrected chi connectivity index (χ1v) is 7.63. The molecule has 0 spiro atoms. The Labute approximate surface area is 126 Å². The minimum absolute atomic E-state index is 0.0000548. The van der Waals surface area contributed by atoms with E-state index in [4.69, 9.17) is 35.3 Å². The minimum Gasteiger partial charge on any atom is -0.389 e. The number of sulfonamides is 1. The molecule has 0 saturated carbocycles. The number of halogens is 1. The van der Waals surface area contributed by atoms with Crippen LogP contribution in [0.5, 0.6) is 0 Å². The smallest absolute Gasteiger partial charge is 0.312 e. The lowest BCUT2D eigenvalue weighted by Crippen LogP contribution is -2.37. The van der Waals surface area contributed by atoms with Crippen molar-refractivity contribution in [3.05, 3.63) is 28.8 Å². The molecular weight excluding hydrogens is 324 g/mol. The summed E-state index contributed by atoms with van der Waals surface area (Å²) in [6, 6.07) is 3.29. The van der Waals surface area contributed by atoms with Crippen molar-refractivity contribution in [3.8, 4) is 0 Å². The first kappa shape index (κ1) is 16.6. The van der Waals surface area contributed by atoms with Crippen molar-refractivity contribution in [1.29, 1.82) is 0 Å². The fourth-order valence-electron chi connectivity index (χ4n) is 1.32. The highest BCUT2D eigenvalue weighted by Gasteiger charge is 2.15. The standard InChI is InChI=1S/C10H13ClN4O3S2/c11-8-5-6(1-2-7(8)9(12)19)20(17,18)15-4-3-14-10(13)16/h1-2,5,15H,3-4H2,(H2,12,19)(H3,13,14,16). The van der Waals surface area contributed by atoms with Gasteiger partial charge in [-0.3, -0.25) is 0 Å². The van der Waals surface area contributed by atoms with Crippen LogP contribution < -0.4 is 21.5 Å². The average Bonchev–Trinajstić information content (AvgIpc) is 2.34. The van der Waals surface area contributed by atoms with E-state index in [0.717, 1.165) is 0 Å².